The van der Waals surface area contributed by atoms with Crippen molar-refractivity contribution in [3.8, 4) is 0 Å². The number of aliphatic hydroxyl groups excluding tert-OH is 1. The minimum absolute atomic E-state index is 0.0192. The number of likely N-dealkylation sites (tertiary alicyclic amines) is 1. The van der Waals surface area contributed by atoms with Gasteiger partial charge in [0, 0.05) is 12.6 Å². The SMILES string of the molecule is CCCNC(CO)(CN1CCCC1C)C1CC1. The van der Waals surface area contributed by atoms with Crippen molar-refractivity contribution in [1.29, 1.82) is 0 Å². The molecule has 0 aromatic heterocycles. The van der Waals surface area contributed by atoms with Gasteiger partial charge in [0.2, 0.25) is 0 Å². The number of hydrogen-bond acceptors (Lipinski definition) is 3. The van der Waals surface area contributed by atoms with Crippen LogP contribution in [0.1, 0.15) is 46.0 Å². The maximum atomic E-state index is 9.87. The first-order valence-corrected chi connectivity index (χ1v) is 7.32. The van der Waals surface area contributed by atoms with E-state index < -0.39 is 0 Å². The molecule has 1 aliphatic carbocycles. The highest BCUT2D eigenvalue weighted by Crippen LogP contribution is 2.40. The Bertz CT molecular complexity index is 242. The molecule has 0 aromatic rings. The molecule has 2 fully saturated rings. The van der Waals surface area contributed by atoms with E-state index in [1.165, 1.54) is 32.2 Å². The zero-order valence-corrected chi connectivity index (χ0v) is 11.4. The number of nitrogens with zero attached hydrogens (tertiary/aromatic N) is 1. The molecule has 0 aromatic carbocycles. The Kier molecular flexibility index (Phi) is 4.45. The topological polar surface area (TPSA) is 35.5 Å². The second-order valence-electron chi connectivity index (χ2n) is 5.98. The van der Waals surface area contributed by atoms with Crippen molar-refractivity contribution in [3.63, 3.8) is 0 Å². The standard InChI is InChI=1S/C14H28N2O/c1-3-8-15-14(11-17,13-6-7-13)10-16-9-4-5-12(16)2/h12-13,15,17H,3-11H2,1-2H3. The van der Waals surface area contributed by atoms with Gasteiger partial charge in [-0.25, -0.2) is 0 Å². The summed E-state index contributed by atoms with van der Waals surface area (Å²) in [5, 5.41) is 13.5. The van der Waals surface area contributed by atoms with Gasteiger partial charge in [-0.3, -0.25) is 4.90 Å². The van der Waals surface area contributed by atoms with Crippen LogP contribution in [0.2, 0.25) is 0 Å². The van der Waals surface area contributed by atoms with Crippen LogP contribution in [0.3, 0.4) is 0 Å². The molecule has 2 N–H and O–H groups in total. The van der Waals surface area contributed by atoms with Gasteiger partial charge in [-0.2, -0.15) is 0 Å². The highest BCUT2D eigenvalue weighted by Gasteiger charge is 2.46. The number of hydrogen-bond donors (Lipinski definition) is 2. The van der Waals surface area contributed by atoms with Gasteiger partial charge in [0.25, 0.3) is 0 Å². The largest absolute Gasteiger partial charge is 0.394 e. The van der Waals surface area contributed by atoms with Crippen molar-refractivity contribution in [1.82, 2.24) is 10.2 Å². The fourth-order valence-corrected chi connectivity index (χ4v) is 3.16. The number of nitrogens with one attached hydrogen (secondary N) is 1. The third-order valence-corrected chi connectivity index (χ3v) is 4.54. The van der Waals surface area contributed by atoms with Gasteiger partial charge in [0.1, 0.15) is 0 Å². The number of rotatable bonds is 7. The fourth-order valence-electron chi connectivity index (χ4n) is 3.16. The molecule has 1 saturated heterocycles. The van der Waals surface area contributed by atoms with E-state index in [-0.39, 0.29) is 5.54 Å². The molecule has 0 bridgehead atoms. The van der Waals surface area contributed by atoms with Crippen LogP contribution >= 0.6 is 0 Å². The van der Waals surface area contributed by atoms with Crippen LogP contribution in [0.15, 0.2) is 0 Å². The Morgan fingerprint density at radius 3 is 2.59 bits per heavy atom. The average molecular weight is 240 g/mol. The van der Waals surface area contributed by atoms with E-state index in [1.54, 1.807) is 0 Å². The number of aliphatic hydroxyl groups is 1. The molecular formula is C14H28N2O. The van der Waals surface area contributed by atoms with Gasteiger partial charge in [0.05, 0.1) is 12.1 Å². The second-order valence-corrected chi connectivity index (χ2v) is 5.98. The van der Waals surface area contributed by atoms with E-state index in [4.69, 9.17) is 0 Å². The van der Waals surface area contributed by atoms with Crippen molar-refractivity contribution in [2.75, 3.05) is 26.2 Å². The Hall–Kier alpha value is -0.120. The summed E-state index contributed by atoms with van der Waals surface area (Å²) in [4.78, 5) is 2.57. The summed E-state index contributed by atoms with van der Waals surface area (Å²) < 4.78 is 0. The lowest BCUT2D eigenvalue weighted by Gasteiger charge is -2.38. The van der Waals surface area contributed by atoms with Gasteiger partial charge >= 0.3 is 0 Å². The summed E-state index contributed by atoms with van der Waals surface area (Å²) in [5.74, 6) is 0.701. The summed E-state index contributed by atoms with van der Waals surface area (Å²) in [5.41, 5.74) is -0.0192. The van der Waals surface area contributed by atoms with E-state index in [0.717, 1.165) is 19.5 Å². The lowest BCUT2D eigenvalue weighted by molar-refractivity contribution is 0.0880. The van der Waals surface area contributed by atoms with E-state index in [0.29, 0.717) is 18.6 Å². The fraction of sp³-hybridized carbons (Fsp3) is 1.00. The summed E-state index contributed by atoms with van der Waals surface area (Å²) in [6.07, 6.45) is 6.37. The summed E-state index contributed by atoms with van der Waals surface area (Å²) in [6.45, 7) is 8.08. The first-order valence-electron chi connectivity index (χ1n) is 7.32. The molecule has 1 heterocycles. The molecule has 2 rings (SSSR count). The molecule has 2 atom stereocenters. The highest BCUT2D eigenvalue weighted by atomic mass is 16.3. The molecule has 1 saturated carbocycles. The van der Waals surface area contributed by atoms with E-state index in [1.807, 2.05) is 0 Å². The molecule has 2 aliphatic rings. The molecule has 2 unspecified atom stereocenters. The zero-order valence-electron chi connectivity index (χ0n) is 11.4. The van der Waals surface area contributed by atoms with Crippen molar-refractivity contribution >= 4 is 0 Å². The van der Waals surface area contributed by atoms with Gasteiger partial charge in [-0.05, 0) is 58.0 Å². The van der Waals surface area contributed by atoms with Crippen LogP contribution in [0, 0.1) is 5.92 Å². The maximum absolute atomic E-state index is 9.87. The monoisotopic (exact) mass is 240 g/mol. The lowest BCUT2D eigenvalue weighted by atomic mass is 9.92. The average Bonchev–Trinajstić information content (AvgIpc) is 3.11. The summed E-state index contributed by atoms with van der Waals surface area (Å²) >= 11 is 0. The molecule has 17 heavy (non-hydrogen) atoms. The van der Waals surface area contributed by atoms with Crippen molar-refractivity contribution in [2.45, 2.75) is 57.5 Å². The molecule has 100 valence electrons. The summed E-state index contributed by atoms with van der Waals surface area (Å²) in [6, 6.07) is 0.697. The Morgan fingerprint density at radius 1 is 1.35 bits per heavy atom. The predicted octanol–water partition coefficient (Wildman–Crippen LogP) is 1.61. The minimum atomic E-state index is -0.0192. The summed E-state index contributed by atoms with van der Waals surface area (Å²) in [7, 11) is 0. The molecule has 0 amide bonds. The van der Waals surface area contributed by atoms with Gasteiger partial charge in [0.15, 0.2) is 0 Å². The highest BCUT2D eigenvalue weighted by molar-refractivity contribution is 5.03. The quantitative estimate of drug-likeness (QED) is 0.710. The minimum Gasteiger partial charge on any atom is -0.394 e. The maximum Gasteiger partial charge on any atom is 0.0628 e. The van der Waals surface area contributed by atoms with E-state index in [2.05, 4.69) is 24.1 Å². The zero-order chi connectivity index (χ0) is 12.3. The lowest BCUT2D eigenvalue weighted by Crippen LogP contribution is -2.58. The van der Waals surface area contributed by atoms with E-state index in [9.17, 15) is 5.11 Å². The van der Waals surface area contributed by atoms with Gasteiger partial charge < -0.3 is 10.4 Å². The molecule has 3 heteroatoms. The van der Waals surface area contributed by atoms with Gasteiger partial charge in [-0.15, -0.1) is 0 Å². The third kappa shape index (κ3) is 3.01. The van der Waals surface area contributed by atoms with Gasteiger partial charge in [-0.1, -0.05) is 6.92 Å². The Morgan fingerprint density at radius 2 is 2.12 bits per heavy atom. The van der Waals surface area contributed by atoms with Crippen molar-refractivity contribution < 1.29 is 5.11 Å². The molecule has 1 aliphatic heterocycles. The second kappa shape index (κ2) is 5.68. The smallest absolute Gasteiger partial charge is 0.0628 e. The molecule has 0 radical (unpaired) electrons. The van der Waals surface area contributed by atoms with Crippen LogP contribution in [0.25, 0.3) is 0 Å². The molecule has 3 nitrogen and oxygen atoms in total. The first kappa shape index (κ1) is 13.3. The van der Waals surface area contributed by atoms with Crippen LogP contribution in [-0.4, -0.2) is 47.8 Å². The molecule has 0 spiro atoms. The van der Waals surface area contributed by atoms with Crippen LogP contribution in [0.5, 0.6) is 0 Å². The van der Waals surface area contributed by atoms with Crippen LogP contribution in [-0.2, 0) is 0 Å². The normalized spacial score (nSPS) is 29.5. The Balaban J connectivity index is 1.98. The van der Waals surface area contributed by atoms with Crippen LogP contribution < -0.4 is 5.32 Å². The molecular weight excluding hydrogens is 212 g/mol. The van der Waals surface area contributed by atoms with Crippen LogP contribution in [0.4, 0.5) is 0 Å². The third-order valence-electron chi connectivity index (χ3n) is 4.54. The van der Waals surface area contributed by atoms with Crippen molar-refractivity contribution in [2.24, 2.45) is 5.92 Å². The first-order chi connectivity index (χ1) is 8.22. The predicted molar refractivity (Wildman–Crippen MR) is 71.1 cm³/mol. The Labute approximate surface area is 106 Å². The van der Waals surface area contributed by atoms with E-state index >= 15 is 0 Å². The van der Waals surface area contributed by atoms with Crippen molar-refractivity contribution in [3.05, 3.63) is 0 Å².